The first-order valence-corrected chi connectivity index (χ1v) is 6.47. The Bertz CT molecular complexity index is 593. The van der Waals surface area contributed by atoms with E-state index >= 15 is 0 Å². The van der Waals surface area contributed by atoms with Crippen LogP contribution in [0.2, 0.25) is 0 Å². The molecule has 0 radical (unpaired) electrons. The minimum Gasteiger partial charge on any atom is -0.326 e. The Balaban J connectivity index is 2.80. The predicted molar refractivity (Wildman–Crippen MR) is 79.0 cm³/mol. The van der Waals surface area contributed by atoms with Crippen molar-refractivity contribution in [1.29, 1.82) is 0 Å². The summed E-state index contributed by atoms with van der Waals surface area (Å²) in [5, 5.41) is 5.19. The Hall–Kier alpha value is -2.50. The van der Waals surface area contributed by atoms with Gasteiger partial charge >= 0.3 is 0 Å². The second kappa shape index (κ2) is 7.33. The molecule has 0 aliphatic rings. The Morgan fingerprint density at radius 1 is 0.905 bits per heavy atom. The van der Waals surface area contributed by atoms with Crippen molar-refractivity contribution >= 4 is 34.8 Å². The zero-order chi connectivity index (χ0) is 16.0. The zero-order valence-corrected chi connectivity index (χ0v) is 12.3. The van der Waals surface area contributed by atoms with Crippen LogP contribution in [0.15, 0.2) is 18.2 Å². The lowest BCUT2D eigenvalue weighted by Gasteiger charge is -2.11. The first kappa shape index (κ1) is 16.6. The van der Waals surface area contributed by atoms with E-state index in [1.807, 2.05) is 0 Å². The summed E-state index contributed by atoms with van der Waals surface area (Å²) in [5.74, 6) is -1.27. The molecule has 0 spiro atoms. The number of rotatable bonds is 6. The molecule has 0 atom stereocenters. The van der Waals surface area contributed by atoms with Crippen molar-refractivity contribution in [2.45, 2.75) is 33.6 Å². The van der Waals surface area contributed by atoms with Crippen molar-refractivity contribution in [2.24, 2.45) is 0 Å². The van der Waals surface area contributed by atoms with Crippen LogP contribution in [0.3, 0.4) is 0 Å². The van der Waals surface area contributed by atoms with E-state index in [-0.39, 0.29) is 24.4 Å². The van der Waals surface area contributed by atoms with Crippen molar-refractivity contribution in [3.8, 4) is 0 Å². The summed E-state index contributed by atoms with van der Waals surface area (Å²) in [4.78, 5) is 44.9. The molecule has 0 heterocycles. The van der Waals surface area contributed by atoms with Crippen LogP contribution in [0.5, 0.6) is 0 Å². The van der Waals surface area contributed by atoms with Gasteiger partial charge < -0.3 is 10.6 Å². The second-order valence-corrected chi connectivity index (χ2v) is 4.88. The molecule has 0 aromatic heterocycles. The monoisotopic (exact) mass is 290 g/mol. The Kier molecular flexibility index (Phi) is 5.78. The van der Waals surface area contributed by atoms with E-state index in [1.54, 1.807) is 25.1 Å². The number of hydrogen-bond acceptors (Lipinski definition) is 4. The molecule has 0 aliphatic heterocycles. The third-order valence-electron chi connectivity index (χ3n) is 2.61. The number of ketones is 2. The molecule has 6 heteroatoms. The number of carbonyl (C=O) groups excluding carboxylic acids is 4. The average molecular weight is 290 g/mol. The quantitative estimate of drug-likeness (QED) is 0.782. The molecule has 1 aromatic carbocycles. The lowest BCUT2D eigenvalue weighted by atomic mass is 10.1. The fraction of sp³-hybridized carbons (Fsp3) is 0.333. The van der Waals surface area contributed by atoms with Crippen molar-refractivity contribution in [3.05, 3.63) is 23.8 Å². The highest BCUT2D eigenvalue weighted by Crippen LogP contribution is 2.20. The van der Waals surface area contributed by atoms with Crippen LogP contribution in [0.25, 0.3) is 0 Å². The minimum atomic E-state index is -0.410. The molecule has 0 fully saturated rings. The largest absolute Gasteiger partial charge is 0.326 e. The highest BCUT2D eigenvalue weighted by atomic mass is 16.2. The molecule has 6 nitrogen and oxygen atoms in total. The van der Waals surface area contributed by atoms with Gasteiger partial charge in [0, 0.05) is 11.4 Å². The summed E-state index contributed by atoms with van der Waals surface area (Å²) < 4.78 is 0. The van der Waals surface area contributed by atoms with E-state index in [4.69, 9.17) is 0 Å². The molecule has 2 amide bonds. The van der Waals surface area contributed by atoms with Gasteiger partial charge in [0.05, 0.1) is 12.8 Å². The van der Waals surface area contributed by atoms with Gasteiger partial charge in [-0.3, -0.25) is 19.2 Å². The maximum absolute atomic E-state index is 11.6. The van der Waals surface area contributed by atoms with Gasteiger partial charge in [0.2, 0.25) is 11.8 Å². The highest BCUT2D eigenvalue weighted by Gasteiger charge is 2.10. The fourth-order valence-electron chi connectivity index (χ4n) is 1.69. The standard InChI is InChI=1S/C15H18N2O4/c1-9-4-5-12(16-14(20)6-10(2)18)8-13(9)17-15(21)7-11(3)19/h4-5,8H,6-7H2,1-3H3,(H,16,20)(H,17,21). The number of nitrogens with one attached hydrogen (secondary N) is 2. The van der Waals surface area contributed by atoms with Gasteiger partial charge in [-0.05, 0) is 38.5 Å². The van der Waals surface area contributed by atoms with E-state index in [2.05, 4.69) is 10.6 Å². The van der Waals surface area contributed by atoms with E-state index in [9.17, 15) is 19.2 Å². The first-order valence-electron chi connectivity index (χ1n) is 6.47. The molecule has 0 aliphatic carbocycles. The molecule has 0 unspecified atom stereocenters. The summed E-state index contributed by atoms with van der Waals surface area (Å²) in [6.07, 6.45) is -0.389. The minimum absolute atomic E-state index is 0.194. The second-order valence-electron chi connectivity index (χ2n) is 4.88. The molecule has 21 heavy (non-hydrogen) atoms. The summed E-state index contributed by atoms with van der Waals surface area (Å²) in [7, 11) is 0. The van der Waals surface area contributed by atoms with E-state index < -0.39 is 11.8 Å². The van der Waals surface area contributed by atoms with Crippen molar-refractivity contribution in [2.75, 3.05) is 10.6 Å². The third kappa shape index (κ3) is 5.99. The predicted octanol–water partition coefficient (Wildman–Crippen LogP) is 1.83. The number of amides is 2. The summed E-state index contributed by atoms with van der Waals surface area (Å²) in [6.45, 7) is 4.47. The number of carbonyl (C=O) groups is 4. The van der Waals surface area contributed by atoms with Crippen LogP contribution in [-0.4, -0.2) is 23.4 Å². The fourth-order valence-corrected chi connectivity index (χ4v) is 1.69. The summed E-state index contributed by atoms with van der Waals surface area (Å²) >= 11 is 0. The third-order valence-corrected chi connectivity index (χ3v) is 2.61. The average Bonchev–Trinajstić information content (AvgIpc) is 2.31. The molecule has 1 rings (SSSR count). The van der Waals surface area contributed by atoms with Crippen molar-refractivity contribution < 1.29 is 19.2 Å². The van der Waals surface area contributed by atoms with Gasteiger partial charge in [0.1, 0.15) is 11.6 Å². The number of hydrogen-bond donors (Lipinski definition) is 2. The molecule has 0 bridgehead atoms. The smallest absolute Gasteiger partial charge is 0.231 e. The van der Waals surface area contributed by atoms with Gasteiger partial charge in [-0.15, -0.1) is 0 Å². The Morgan fingerprint density at radius 3 is 1.95 bits per heavy atom. The van der Waals surface area contributed by atoms with Crippen LogP contribution in [-0.2, 0) is 19.2 Å². The van der Waals surface area contributed by atoms with E-state index in [0.29, 0.717) is 11.4 Å². The zero-order valence-electron chi connectivity index (χ0n) is 12.3. The number of aryl methyl sites for hydroxylation is 1. The molecule has 112 valence electrons. The van der Waals surface area contributed by atoms with Gasteiger partial charge in [0.25, 0.3) is 0 Å². The van der Waals surface area contributed by atoms with Crippen molar-refractivity contribution in [3.63, 3.8) is 0 Å². The van der Waals surface area contributed by atoms with Crippen LogP contribution in [0, 0.1) is 6.92 Å². The molecule has 2 N–H and O–H groups in total. The van der Waals surface area contributed by atoms with Crippen LogP contribution in [0.1, 0.15) is 32.3 Å². The SMILES string of the molecule is CC(=O)CC(=O)Nc1ccc(C)c(NC(=O)CC(C)=O)c1. The number of anilines is 2. The van der Waals surface area contributed by atoms with Crippen molar-refractivity contribution in [1.82, 2.24) is 0 Å². The Labute approximate surface area is 122 Å². The van der Waals surface area contributed by atoms with E-state index in [1.165, 1.54) is 13.8 Å². The maximum Gasteiger partial charge on any atom is 0.231 e. The summed E-state index contributed by atoms with van der Waals surface area (Å²) in [6, 6.07) is 4.99. The van der Waals surface area contributed by atoms with Gasteiger partial charge in [-0.2, -0.15) is 0 Å². The molecular formula is C15H18N2O4. The van der Waals surface area contributed by atoms with Gasteiger partial charge in [0.15, 0.2) is 0 Å². The number of Topliss-reactive ketones (excluding diaryl/α,β-unsaturated/α-hetero) is 2. The molecular weight excluding hydrogens is 272 g/mol. The lowest BCUT2D eigenvalue weighted by Crippen LogP contribution is -2.17. The van der Waals surface area contributed by atoms with Gasteiger partial charge in [-0.1, -0.05) is 6.07 Å². The normalized spacial score (nSPS) is 9.86. The number of benzene rings is 1. The van der Waals surface area contributed by atoms with Crippen LogP contribution >= 0.6 is 0 Å². The van der Waals surface area contributed by atoms with Crippen LogP contribution < -0.4 is 10.6 Å². The molecule has 1 aromatic rings. The summed E-state index contributed by atoms with van der Waals surface area (Å²) in [5.41, 5.74) is 1.79. The molecule has 0 saturated carbocycles. The van der Waals surface area contributed by atoms with Gasteiger partial charge in [-0.25, -0.2) is 0 Å². The van der Waals surface area contributed by atoms with E-state index in [0.717, 1.165) is 5.56 Å². The first-order chi connectivity index (χ1) is 9.77. The topological polar surface area (TPSA) is 92.3 Å². The maximum atomic E-state index is 11.6. The molecule has 0 saturated heterocycles. The Morgan fingerprint density at radius 2 is 1.43 bits per heavy atom. The van der Waals surface area contributed by atoms with Crippen LogP contribution in [0.4, 0.5) is 11.4 Å². The highest BCUT2D eigenvalue weighted by molar-refractivity contribution is 6.05. The lowest BCUT2D eigenvalue weighted by molar-refractivity contribution is -0.125.